The van der Waals surface area contributed by atoms with Crippen LogP contribution in [0.4, 0.5) is 0 Å². The summed E-state index contributed by atoms with van der Waals surface area (Å²) in [5.74, 6) is 0. The van der Waals surface area contributed by atoms with Gasteiger partial charge in [-0.25, -0.2) is 8.42 Å². The first-order valence-electron chi connectivity index (χ1n) is 6.70. The molecule has 110 valence electrons. The number of aliphatic hydroxyl groups is 1. The number of hydrogen-bond donors (Lipinski definition) is 1. The van der Waals surface area contributed by atoms with Crippen molar-refractivity contribution < 1.29 is 18.3 Å². The molecule has 0 radical (unpaired) electrons. The number of sulfone groups is 1. The van der Waals surface area contributed by atoms with Gasteiger partial charge in [0.15, 0.2) is 0 Å². The number of epoxide rings is 1. The van der Waals surface area contributed by atoms with Gasteiger partial charge in [0.05, 0.1) is 11.0 Å². The average Bonchev–Trinajstić information content (AvgIpc) is 3.27. The first-order valence-corrected chi connectivity index (χ1v) is 8.19. The Morgan fingerprint density at radius 2 is 1.57 bits per heavy atom. The summed E-state index contributed by atoms with van der Waals surface area (Å²) in [6.07, 6.45) is -1.78. The summed E-state index contributed by atoms with van der Waals surface area (Å²) in [5.41, 5.74) is 0.748. The summed E-state index contributed by atoms with van der Waals surface area (Å²) < 4.78 is 31.2. The summed E-state index contributed by atoms with van der Waals surface area (Å²) in [6.45, 7) is 1.45. The highest BCUT2D eigenvalue weighted by Gasteiger charge is 2.70. The number of rotatable bonds is 4. The minimum absolute atomic E-state index is 0.157. The van der Waals surface area contributed by atoms with Crippen LogP contribution < -0.4 is 0 Å². The van der Waals surface area contributed by atoms with Gasteiger partial charge in [-0.1, -0.05) is 48.5 Å². The molecule has 2 aromatic carbocycles. The second-order valence-electron chi connectivity index (χ2n) is 5.12. The monoisotopic (exact) mass is 304 g/mol. The van der Waals surface area contributed by atoms with Crippen molar-refractivity contribution in [1.29, 1.82) is 0 Å². The van der Waals surface area contributed by atoms with Gasteiger partial charge in [-0.2, -0.15) is 0 Å². The van der Waals surface area contributed by atoms with Crippen LogP contribution in [0.1, 0.15) is 18.6 Å². The van der Waals surface area contributed by atoms with Gasteiger partial charge in [-0.05, 0) is 24.6 Å². The fourth-order valence-corrected chi connectivity index (χ4v) is 4.58. The van der Waals surface area contributed by atoms with Crippen LogP contribution in [0.5, 0.6) is 0 Å². The van der Waals surface area contributed by atoms with Crippen molar-refractivity contribution in [1.82, 2.24) is 0 Å². The van der Waals surface area contributed by atoms with Gasteiger partial charge >= 0.3 is 0 Å². The number of ether oxygens (including phenoxy) is 1. The molecule has 1 N–H and O–H groups in total. The molecule has 1 aliphatic heterocycles. The van der Waals surface area contributed by atoms with Crippen molar-refractivity contribution in [2.24, 2.45) is 0 Å². The lowest BCUT2D eigenvalue weighted by molar-refractivity contribution is 0.131. The van der Waals surface area contributed by atoms with E-state index in [1.165, 1.54) is 19.1 Å². The molecule has 4 nitrogen and oxygen atoms in total. The largest absolute Gasteiger partial charge is 0.389 e. The topological polar surface area (TPSA) is 66.9 Å². The Morgan fingerprint density at radius 1 is 1.05 bits per heavy atom. The molecule has 0 aliphatic carbocycles. The fourth-order valence-electron chi connectivity index (χ4n) is 2.61. The molecule has 0 spiro atoms. The van der Waals surface area contributed by atoms with E-state index in [9.17, 15) is 13.5 Å². The lowest BCUT2D eigenvalue weighted by Crippen LogP contribution is -2.36. The van der Waals surface area contributed by atoms with E-state index in [2.05, 4.69) is 0 Å². The number of aliphatic hydroxyl groups excluding tert-OH is 1. The van der Waals surface area contributed by atoms with Crippen molar-refractivity contribution in [2.45, 2.75) is 29.0 Å². The van der Waals surface area contributed by atoms with E-state index < -0.39 is 27.0 Å². The SMILES string of the molecule is C[C@H](O)[C@]1(S(=O)(=O)c2ccccc2)O[C@@H]1c1ccccc1. The minimum Gasteiger partial charge on any atom is -0.389 e. The van der Waals surface area contributed by atoms with Crippen LogP contribution in [0.2, 0.25) is 0 Å². The van der Waals surface area contributed by atoms with Gasteiger partial charge in [0, 0.05) is 0 Å². The van der Waals surface area contributed by atoms with E-state index in [4.69, 9.17) is 4.74 Å². The summed E-state index contributed by atoms with van der Waals surface area (Å²) in [5, 5.41) is 10.1. The van der Waals surface area contributed by atoms with Crippen LogP contribution in [0, 0.1) is 0 Å². The molecule has 0 aromatic heterocycles. The first kappa shape index (κ1) is 14.3. The van der Waals surface area contributed by atoms with E-state index in [0.717, 1.165) is 5.56 Å². The third-order valence-electron chi connectivity index (χ3n) is 3.77. The minimum atomic E-state index is -3.80. The Labute approximate surface area is 123 Å². The molecule has 1 aliphatic rings. The van der Waals surface area contributed by atoms with Crippen molar-refractivity contribution in [3.05, 3.63) is 66.2 Å². The van der Waals surface area contributed by atoms with Crippen LogP contribution in [-0.2, 0) is 14.6 Å². The molecule has 21 heavy (non-hydrogen) atoms. The fraction of sp³-hybridized carbons (Fsp3) is 0.250. The summed E-state index contributed by atoms with van der Waals surface area (Å²) >= 11 is 0. The third-order valence-corrected chi connectivity index (χ3v) is 6.15. The van der Waals surface area contributed by atoms with Crippen LogP contribution in [0.15, 0.2) is 65.6 Å². The Morgan fingerprint density at radius 3 is 2.10 bits per heavy atom. The summed E-state index contributed by atoms with van der Waals surface area (Å²) in [6, 6.07) is 17.2. The van der Waals surface area contributed by atoms with Gasteiger partial charge in [-0.15, -0.1) is 0 Å². The highest BCUT2D eigenvalue weighted by atomic mass is 32.2. The Bertz CT molecular complexity index is 725. The quantitative estimate of drug-likeness (QED) is 0.880. The second kappa shape index (κ2) is 4.94. The van der Waals surface area contributed by atoms with Gasteiger partial charge in [0.2, 0.25) is 14.8 Å². The van der Waals surface area contributed by atoms with Crippen molar-refractivity contribution in [3.8, 4) is 0 Å². The van der Waals surface area contributed by atoms with Crippen LogP contribution in [0.3, 0.4) is 0 Å². The zero-order valence-electron chi connectivity index (χ0n) is 11.5. The first-order chi connectivity index (χ1) is 10.00. The third kappa shape index (κ3) is 2.09. The highest BCUT2D eigenvalue weighted by molar-refractivity contribution is 7.93. The Balaban J connectivity index is 2.06. The van der Waals surface area contributed by atoms with Crippen molar-refractivity contribution >= 4 is 9.84 Å². The molecule has 2 aromatic rings. The molecule has 3 rings (SSSR count). The Kier molecular flexibility index (Phi) is 3.36. The molecule has 1 heterocycles. The van der Waals surface area contributed by atoms with Crippen LogP contribution in [0.25, 0.3) is 0 Å². The highest BCUT2D eigenvalue weighted by Crippen LogP contribution is 2.57. The molecule has 0 amide bonds. The number of hydrogen-bond acceptors (Lipinski definition) is 4. The smallest absolute Gasteiger partial charge is 0.230 e. The summed E-state index contributed by atoms with van der Waals surface area (Å²) in [4.78, 5) is -1.44. The number of benzene rings is 2. The standard InChI is InChI=1S/C16H16O4S/c1-12(17)16(15(20-16)13-8-4-2-5-9-13)21(18,19)14-10-6-3-7-11-14/h2-12,15,17H,1H3/t12-,15+,16+/m0/s1. The van der Waals surface area contributed by atoms with E-state index in [1.807, 2.05) is 18.2 Å². The second-order valence-corrected chi connectivity index (χ2v) is 7.24. The lowest BCUT2D eigenvalue weighted by Gasteiger charge is -2.17. The molecule has 3 atom stereocenters. The van der Waals surface area contributed by atoms with Gasteiger partial charge < -0.3 is 9.84 Å². The predicted octanol–water partition coefficient (Wildman–Crippen LogP) is 2.31. The van der Waals surface area contributed by atoms with E-state index in [-0.39, 0.29) is 4.90 Å². The molecule has 1 saturated heterocycles. The molecule has 0 saturated carbocycles. The maximum absolute atomic E-state index is 12.9. The van der Waals surface area contributed by atoms with Gasteiger partial charge in [0.1, 0.15) is 6.10 Å². The van der Waals surface area contributed by atoms with Gasteiger partial charge in [0.25, 0.3) is 0 Å². The normalized spacial score (nSPS) is 26.3. The predicted molar refractivity (Wildman–Crippen MR) is 78.3 cm³/mol. The summed E-state index contributed by atoms with van der Waals surface area (Å²) in [7, 11) is -3.80. The zero-order valence-corrected chi connectivity index (χ0v) is 12.3. The molecular weight excluding hydrogens is 288 g/mol. The van der Waals surface area contributed by atoms with E-state index in [0.29, 0.717) is 0 Å². The Hall–Kier alpha value is -1.69. The maximum atomic E-state index is 12.9. The zero-order chi connectivity index (χ0) is 15.1. The van der Waals surface area contributed by atoms with Gasteiger partial charge in [-0.3, -0.25) is 0 Å². The lowest BCUT2D eigenvalue weighted by atomic mass is 10.1. The molecule has 1 fully saturated rings. The van der Waals surface area contributed by atoms with Crippen molar-refractivity contribution in [2.75, 3.05) is 0 Å². The van der Waals surface area contributed by atoms with Crippen LogP contribution >= 0.6 is 0 Å². The molecule has 0 unspecified atom stereocenters. The van der Waals surface area contributed by atoms with Crippen LogP contribution in [-0.4, -0.2) is 24.6 Å². The molecule has 0 bridgehead atoms. The van der Waals surface area contributed by atoms with E-state index >= 15 is 0 Å². The maximum Gasteiger partial charge on any atom is 0.230 e. The van der Waals surface area contributed by atoms with E-state index in [1.54, 1.807) is 30.3 Å². The molecular formula is C16H16O4S. The molecule has 5 heteroatoms. The van der Waals surface area contributed by atoms with Crippen molar-refractivity contribution in [3.63, 3.8) is 0 Å². The average molecular weight is 304 g/mol.